The number of benzene rings is 2. The van der Waals surface area contributed by atoms with Crippen LogP contribution in [0.2, 0.25) is 25.7 Å². The van der Waals surface area contributed by atoms with Gasteiger partial charge in [0.2, 0.25) is 10.0 Å². The Balaban J connectivity index is 2.00. The average Bonchev–Trinajstić information content (AvgIpc) is 3.11. The number of hydrogen-bond acceptors (Lipinski definition) is 3. The van der Waals surface area contributed by atoms with E-state index in [0.29, 0.717) is 5.76 Å². The molecule has 0 saturated carbocycles. The van der Waals surface area contributed by atoms with Gasteiger partial charge in [-0.05, 0) is 36.7 Å². The van der Waals surface area contributed by atoms with Crippen LogP contribution in [0.4, 0.5) is 0 Å². The average molecular weight is 414 g/mol. The third kappa shape index (κ3) is 5.01. The van der Waals surface area contributed by atoms with Crippen LogP contribution < -0.4 is 4.72 Å². The molecule has 0 aliphatic heterocycles. The summed E-state index contributed by atoms with van der Waals surface area (Å²) in [6.45, 7) is 8.62. The van der Waals surface area contributed by atoms with Crippen LogP contribution in [-0.2, 0) is 10.0 Å². The monoisotopic (exact) mass is 413 g/mol. The van der Waals surface area contributed by atoms with E-state index in [4.69, 9.17) is 4.42 Å². The zero-order valence-corrected chi connectivity index (χ0v) is 18.6. The molecule has 3 rings (SSSR count). The summed E-state index contributed by atoms with van der Waals surface area (Å²) in [5.74, 6) is 0.671. The number of hydrogen-bond donors (Lipinski definition) is 1. The van der Waals surface area contributed by atoms with Crippen molar-refractivity contribution in [1.82, 2.24) is 4.72 Å². The molecule has 0 saturated heterocycles. The first kappa shape index (κ1) is 20.6. The number of aryl methyl sites for hydroxylation is 1. The Bertz CT molecular complexity index is 1020. The maximum atomic E-state index is 13.0. The normalized spacial score (nSPS) is 13.4. The highest BCUT2D eigenvalue weighted by atomic mass is 32.2. The molecular weight excluding hydrogens is 386 g/mol. The second-order valence-electron chi connectivity index (χ2n) is 8.32. The number of rotatable bonds is 7. The predicted octanol–water partition coefficient (Wildman–Crippen LogP) is 5.61. The quantitative estimate of drug-likeness (QED) is 0.512. The Morgan fingerprint density at radius 2 is 1.61 bits per heavy atom. The Morgan fingerprint density at radius 3 is 2.21 bits per heavy atom. The highest BCUT2D eigenvalue weighted by Gasteiger charge is 2.30. The molecule has 1 atom stereocenters. The zero-order valence-electron chi connectivity index (χ0n) is 16.8. The molecule has 148 valence electrons. The highest BCUT2D eigenvalue weighted by molar-refractivity contribution is 7.89. The third-order valence-electron chi connectivity index (χ3n) is 4.54. The van der Waals surface area contributed by atoms with Gasteiger partial charge in [-0.25, -0.2) is 13.1 Å². The molecule has 1 aromatic heterocycles. The molecule has 0 fully saturated rings. The van der Waals surface area contributed by atoms with Gasteiger partial charge in [0.15, 0.2) is 0 Å². The molecule has 3 aromatic rings. The van der Waals surface area contributed by atoms with Gasteiger partial charge in [-0.1, -0.05) is 67.7 Å². The Morgan fingerprint density at radius 1 is 0.964 bits per heavy atom. The van der Waals surface area contributed by atoms with E-state index in [1.165, 1.54) is 0 Å². The molecule has 28 heavy (non-hydrogen) atoms. The van der Waals surface area contributed by atoms with E-state index in [1.54, 1.807) is 18.4 Å². The fraction of sp³-hybridized carbons (Fsp3) is 0.273. The van der Waals surface area contributed by atoms with E-state index in [0.717, 1.165) is 22.7 Å². The van der Waals surface area contributed by atoms with Crippen molar-refractivity contribution >= 4 is 18.1 Å². The van der Waals surface area contributed by atoms with Crippen molar-refractivity contribution in [2.75, 3.05) is 0 Å². The maximum Gasteiger partial charge on any atom is 0.241 e. The van der Waals surface area contributed by atoms with Gasteiger partial charge in [0, 0.05) is 13.6 Å². The molecule has 0 amide bonds. The summed E-state index contributed by atoms with van der Waals surface area (Å²) in [5, 5.41) is 0. The van der Waals surface area contributed by atoms with Crippen LogP contribution >= 0.6 is 0 Å². The van der Waals surface area contributed by atoms with Crippen molar-refractivity contribution in [2.45, 2.75) is 43.5 Å². The first-order chi connectivity index (χ1) is 13.2. The summed E-state index contributed by atoms with van der Waals surface area (Å²) < 4.78 is 34.8. The van der Waals surface area contributed by atoms with Gasteiger partial charge < -0.3 is 4.42 Å². The molecule has 0 spiro atoms. The SMILES string of the molecule is Cc1ccc(S(=O)(=O)N[C@H](C[Si](C)(C)C)c2occc2-c2ccccc2)cc1. The maximum absolute atomic E-state index is 13.0. The van der Waals surface area contributed by atoms with E-state index in [-0.39, 0.29) is 4.90 Å². The Kier molecular flexibility index (Phi) is 5.93. The first-order valence-electron chi connectivity index (χ1n) is 9.37. The summed E-state index contributed by atoms with van der Waals surface area (Å²) in [4.78, 5) is 0.270. The van der Waals surface area contributed by atoms with Crippen LogP contribution in [0.25, 0.3) is 11.1 Å². The van der Waals surface area contributed by atoms with Gasteiger partial charge in [0.25, 0.3) is 0 Å². The molecule has 0 aliphatic rings. The van der Waals surface area contributed by atoms with Crippen LogP contribution in [0.15, 0.2) is 76.2 Å². The minimum absolute atomic E-state index is 0.270. The Labute approximate surface area is 168 Å². The van der Waals surface area contributed by atoms with Crippen molar-refractivity contribution in [2.24, 2.45) is 0 Å². The fourth-order valence-electron chi connectivity index (χ4n) is 3.22. The molecule has 0 bridgehead atoms. The summed E-state index contributed by atoms with van der Waals surface area (Å²) in [6, 6.07) is 19.1. The van der Waals surface area contributed by atoms with Crippen LogP contribution in [-0.4, -0.2) is 16.5 Å². The molecule has 0 aliphatic carbocycles. The second-order valence-corrected chi connectivity index (χ2v) is 15.6. The number of furan rings is 1. The lowest BCUT2D eigenvalue weighted by molar-refractivity contribution is 0.458. The smallest absolute Gasteiger partial charge is 0.241 e. The highest BCUT2D eigenvalue weighted by Crippen LogP contribution is 2.34. The zero-order chi connectivity index (χ0) is 20.4. The van der Waals surface area contributed by atoms with Gasteiger partial charge >= 0.3 is 0 Å². The second kappa shape index (κ2) is 8.07. The van der Waals surface area contributed by atoms with Crippen molar-refractivity contribution in [3.63, 3.8) is 0 Å². The number of nitrogens with one attached hydrogen (secondary N) is 1. The molecular formula is C22H27NO3SSi. The summed E-state index contributed by atoms with van der Waals surface area (Å²) in [7, 11) is -5.26. The third-order valence-corrected chi connectivity index (χ3v) is 7.66. The minimum atomic E-state index is -3.66. The van der Waals surface area contributed by atoms with E-state index < -0.39 is 24.1 Å². The standard InChI is InChI=1S/C22H27NO3SSi/c1-17-10-12-19(13-11-17)27(24,25)23-21(16-28(2,3)4)22-20(14-15-26-22)18-8-6-5-7-9-18/h5-15,21,23H,16H2,1-4H3/t21-/m1/s1. The van der Waals surface area contributed by atoms with Crippen LogP contribution in [0.5, 0.6) is 0 Å². The van der Waals surface area contributed by atoms with E-state index >= 15 is 0 Å². The van der Waals surface area contributed by atoms with Crippen LogP contribution in [0, 0.1) is 6.92 Å². The number of sulfonamides is 1. The van der Waals surface area contributed by atoms with Gasteiger partial charge in [0.1, 0.15) is 5.76 Å². The molecule has 6 heteroatoms. The van der Waals surface area contributed by atoms with Gasteiger partial charge in [-0.2, -0.15) is 0 Å². The van der Waals surface area contributed by atoms with Crippen LogP contribution in [0.1, 0.15) is 17.4 Å². The van der Waals surface area contributed by atoms with E-state index in [1.807, 2.05) is 55.5 Å². The molecule has 2 aromatic carbocycles. The van der Waals surface area contributed by atoms with Crippen molar-refractivity contribution in [1.29, 1.82) is 0 Å². The summed E-state index contributed by atoms with van der Waals surface area (Å²) in [6.07, 6.45) is 1.63. The molecule has 0 unspecified atom stereocenters. The Hall–Kier alpha value is -2.15. The van der Waals surface area contributed by atoms with E-state index in [2.05, 4.69) is 24.4 Å². The van der Waals surface area contributed by atoms with Crippen molar-refractivity contribution in [3.05, 3.63) is 78.3 Å². The summed E-state index contributed by atoms with van der Waals surface area (Å²) >= 11 is 0. The van der Waals surface area contributed by atoms with Crippen molar-refractivity contribution in [3.8, 4) is 11.1 Å². The fourth-order valence-corrected chi connectivity index (χ4v) is 6.08. The van der Waals surface area contributed by atoms with Gasteiger partial charge in [-0.15, -0.1) is 0 Å². The first-order valence-corrected chi connectivity index (χ1v) is 14.6. The van der Waals surface area contributed by atoms with Gasteiger partial charge in [-0.3, -0.25) is 0 Å². The van der Waals surface area contributed by atoms with Crippen molar-refractivity contribution < 1.29 is 12.8 Å². The molecule has 4 nitrogen and oxygen atoms in total. The minimum Gasteiger partial charge on any atom is -0.467 e. The molecule has 1 N–H and O–H groups in total. The van der Waals surface area contributed by atoms with Gasteiger partial charge in [0.05, 0.1) is 17.2 Å². The van der Waals surface area contributed by atoms with E-state index in [9.17, 15) is 8.42 Å². The van der Waals surface area contributed by atoms with Crippen LogP contribution in [0.3, 0.4) is 0 Å². The lowest BCUT2D eigenvalue weighted by Gasteiger charge is -2.25. The lowest BCUT2D eigenvalue weighted by Crippen LogP contribution is -2.34. The topological polar surface area (TPSA) is 59.3 Å². The predicted molar refractivity (Wildman–Crippen MR) is 117 cm³/mol. The molecule has 1 heterocycles. The summed E-state index contributed by atoms with van der Waals surface area (Å²) in [5.41, 5.74) is 2.96. The largest absolute Gasteiger partial charge is 0.467 e. The molecule has 0 radical (unpaired) electrons. The lowest BCUT2D eigenvalue weighted by atomic mass is 10.0.